The molecule has 1 aliphatic heterocycles. The van der Waals surface area contributed by atoms with Gasteiger partial charge in [-0.15, -0.1) is 0 Å². The average Bonchev–Trinajstić information content (AvgIpc) is 2.89. The van der Waals surface area contributed by atoms with Gasteiger partial charge in [-0.2, -0.15) is 0 Å². The molecule has 0 bridgehead atoms. The number of amides is 2. The molecule has 2 rings (SSSR count). The topological polar surface area (TPSA) is 49.4 Å². The number of nitrogens with one attached hydrogen (secondary N) is 1. The SMILES string of the molecule is CC(=O)NC(C(=O)N1CCCCC1C)C1CCCC1. The minimum atomic E-state index is -0.291. The van der Waals surface area contributed by atoms with E-state index in [9.17, 15) is 9.59 Å². The first-order chi connectivity index (χ1) is 9.09. The van der Waals surface area contributed by atoms with Crippen molar-refractivity contribution in [2.75, 3.05) is 6.54 Å². The Labute approximate surface area is 115 Å². The van der Waals surface area contributed by atoms with Crippen molar-refractivity contribution in [3.63, 3.8) is 0 Å². The monoisotopic (exact) mass is 266 g/mol. The first-order valence-electron chi connectivity index (χ1n) is 7.67. The van der Waals surface area contributed by atoms with Gasteiger partial charge in [0.15, 0.2) is 0 Å². The predicted molar refractivity (Wildman–Crippen MR) is 74.6 cm³/mol. The van der Waals surface area contributed by atoms with Crippen molar-refractivity contribution in [1.29, 1.82) is 0 Å². The highest BCUT2D eigenvalue weighted by molar-refractivity contribution is 5.87. The Hall–Kier alpha value is -1.06. The van der Waals surface area contributed by atoms with Gasteiger partial charge in [0.05, 0.1) is 0 Å². The Bertz CT molecular complexity index is 337. The van der Waals surface area contributed by atoms with Gasteiger partial charge in [0.2, 0.25) is 11.8 Å². The average molecular weight is 266 g/mol. The van der Waals surface area contributed by atoms with E-state index in [4.69, 9.17) is 0 Å². The van der Waals surface area contributed by atoms with Crippen molar-refractivity contribution < 1.29 is 9.59 Å². The maximum atomic E-state index is 12.7. The normalized spacial score (nSPS) is 26.2. The van der Waals surface area contributed by atoms with Crippen LogP contribution in [0.2, 0.25) is 0 Å². The molecule has 108 valence electrons. The van der Waals surface area contributed by atoms with Gasteiger partial charge in [-0.05, 0) is 44.9 Å². The molecule has 2 unspecified atom stereocenters. The fourth-order valence-corrected chi connectivity index (χ4v) is 3.50. The number of hydrogen-bond donors (Lipinski definition) is 1. The first kappa shape index (κ1) is 14.4. The van der Waals surface area contributed by atoms with E-state index in [0.717, 1.165) is 32.2 Å². The van der Waals surface area contributed by atoms with E-state index in [0.29, 0.717) is 12.0 Å². The van der Waals surface area contributed by atoms with Gasteiger partial charge < -0.3 is 10.2 Å². The van der Waals surface area contributed by atoms with Crippen molar-refractivity contribution in [1.82, 2.24) is 10.2 Å². The summed E-state index contributed by atoms with van der Waals surface area (Å²) in [4.78, 5) is 26.1. The first-order valence-corrected chi connectivity index (χ1v) is 7.67. The highest BCUT2D eigenvalue weighted by Crippen LogP contribution is 2.29. The summed E-state index contributed by atoms with van der Waals surface area (Å²) in [6, 6.07) is 0.0273. The van der Waals surface area contributed by atoms with Gasteiger partial charge in [-0.25, -0.2) is 0 Å². The number of likely N-dealkylation sites (tertiary alicyclic amines) is 1. The van der Waals surface area contributed by atoms with Crippen LogP contribution in [0.1, 0.15) is 58.8 Å². The van der Waals surface area contributed by atoms with E-state index in [1.165, 1.54) is 26.2 Å². The van der Waals surface area contributed by atoms with Gasteiger partial charge in [0, 0.05) is 19.5 Å². The van der Waals surface area contributed by atoms with Gasteiger partial charge in [0.25, 0.3) is 0 Å². The molecule has 4 nitrogen and oxygen atoms in total. The second kappa shape index (κ2) is 6.40. The molecule has 4 heteroatoms. The molecule has 0 aromatic rings. The standard InChI is InChI=1S/C15H26N2O2/c1-11-7-5-6-10-17(11)15(19)14(16-12(2)18)13-8-3-4-9-13/h11,13-14H,3-10H2,1-2H3,(H,16,18). The number of hydrogen-bond acceptors (Lipinski definition) is 2. The van der Waals surface area contributed by atoms with E-state index in [2.05, 4.69) is 12.2 Å². The summed E-state index contributed by atoms with van der Waals surface area (Å²) < 4.78 is 0. The summed E-state index contributed by atoms with van der Waals surface area (Å²) in [5, 5.41) is 2.91. The Balaban J connectivity index is 2.07. The van der Waals surface area contributed by atoms with Crippen LogP contribution in [-0.2, 0) is 9.59 Å². The fourth-order valence-electron chi connectivity index (χ4n) is 3.50. The number of nitrogens with zero attached hydrogens (tertiary/aromatic N) is 1. The van der Waals surface area contributed by atoms with Crippen molar-refractivity contribution in [3.05, 3.63) is 0 Å². The van der Waals surface area contributed by atoms with E-state index in [1.807, 2.05) is 4.90 Å². The number of piperidine rings is 1. The molecule has 1 saturated carbocycles. The fraction of sp³-hybridized carbons (Fsp3) is 0.867. The number of rotatable bonds is 3. The van der Waals surface area contributed by atoms with Crippen molar-refractivity contribution >= 4 is 11.8 Å². The van der Waals surface area contributed by atoms with Crippen molar-refractivity contribution in [3.8, 4) is 0 Å². The summed E-state index contributed by atoms with van der Waals surface area (Å²) in [6.07, 6.45) is 7.89. The summed E-state index contributed by atoms with van der Waals surface area (Å²) in [5.74, 6) is 0.398. The second-order valence-electron chi connectivity index (χ2n) is 6.10. The van der Waals surface area contributed by atoms with Crippen LogP contribution < -0.4 is 5.32 Å². The molecule has 0 radical (unpaired) electrons. The van der Waals surface area contributed by atoms with Crippen LogP contribution in [0.15, 0.2) is 0 Å². The molecular weight excluding hydrogens is 240 g/mol. The van der Waals surface area contributed by atoms with Crippen LogP contribution in [0, 0.1) is 5.92 Å². The zero-order chi connectivity index (χ0) is 13.8. The number of carbonyl (C=O) groups excluding carboxylic acids is 2. The molecule has 19 heavy (non-hydrogen) atoms. The molecule has 0 spiro atoms. The van der Waals surface area contributed by atoms with E-state index in [1.54, 1.807) is 0 Å². The summed E-state index contributed by atoms with van der Waals surface area (Å²) in [6.45, 7) is 4.48. The minimum absolute atomic E-state index is 0.0880. The molecule has 2 amide bonds. The molecule has 0 aromatic carbocycles. The predicted octanol–water partition coefficient (Wildman–Crippen LogP) is 2.08. The lowest BCUT2D eigenvalue weighted by molar-refractivity contribution is -0.140. The highest BCUT2D eigenvalue weighted by atomic mass is 16.2. The van der Waals surface area contributed by atoms with Crippen LogP contribution in [-0.4, -0.2) is 35.3 Å². The summed E-state index contributed by atoms with van der Waals surface area (Å²) in [5.41, 5.74) is 0. The lowest BCUT2D eigenvalue weighted by Gasteiger charge is -2.37. The van der Waals surface area contributed by atoms with Gasteiger partial charge in [-0.1, -0.05) is 12.8 Å². The van der Waals surface area contributed by atoms with Crippen LogP contribution >= 0.6 is 0 Å². The van der Waals surface area contributed by atoms with Crippen LogP contribution in [0.4, 0.5) is 0 Å². The zero-order valence-corrected chi connectivity index (χ0v) is 12.2. The van der Waals surface area contributed by atoms with Crippen molar-refractivity contribution in [2.45, 2.75) is 70.9 Å². The third-order valence-electron chi connectivity index (χ3n) is 4.58. The third kappa shape index (κ3) is 3.48. The quantitative estimate of drug-likeness (QED) is 0.850. The van der Waals surface area contributed by atoms with Crippen LogP contribution in [0.3, 0.4) is 0 Å². The van der Waals surface area contributed by atoms with E-state index < -0.39 is 0 Å². The van der Waals surface area contributed by atoms with Crippen LogP contribution in [0.25, 0.3) is 0 Å². The van der Waals surface area contributed by atoms with Crippen LogP contribution in [0.5, 0.6) is 0 Å². The smallest absolute Gasteiger partial charge is 0.245 e. The van der Waals surface area contributed by atoms with Crippen molar-refractivity contribution in [2.24, 2.45) is 5.92 Å². The van der Waals surface area contributed by atoms with E-state index >= 15 is 0 Å². The molecule has 2 aliphatic rings. The Kier molecular flexibility index (Phi) is 4.83. The highest BCUT2D eigenvalue weighted by Gasteiger charge is 2.36. The Morgan fingerprint density at radius 2 is 1.74 bits per heavy atom. The maximum Gasteiger partial charge on any atom is 0.245 e. The molecule has 2 atom stereocenters. The lowest BCUT2D eigenvalue weighted by Crippen LogP contribution is -2.54. The molecule has 2 fully saturated rings. The van der Waals surface area contributed by atoms with E-state index in [-0.39, 0.29) is 17.9 Å². The molecule has 1 N–H and O–H groups in total. The minimum Gasteiger partial charge on any atom is -0.344 e. The van der Waals surface area contributed by atoms with Gasteiger partial charge in [-0.3, -0.25) is 9.59 Å². The molecule has 0 aromatic heterocycles. The second-order valence-corrected chi connectivity index (χ2v) is 6.10. The zero-order valence-electron chi connectivity index (χ0n) is 12.2. The molecular formula is C15H26N2O2. The largest absolute Gasteiger partial charge is 0.344 e. The molecule has 1 heterocycles. The lowest BCUT2D eigenvalue weighted by atomic mass is 9.94. The third-order valence-corrected chi connectivity index (χ3v) is 4.58. The van der Waals surface area contributed by atoms with Gasteiger partial charge in [0.1, 0.15) is 6.04 Å². The Morgan fingerprint density at radius 3 is 2.32 bits per heavy atom. The van der Waals surface area contributed by atoms with Gasteiger partial charge >= 0.3 is 0 Å². The molecule has 1 saturated heterocycles. The summed E-state index contributed by atoms with van der Waals surface area (Å²) in [7, 11) is 0. The number of carbonyl (C=O) groups is 2. The Morgan fingerprint density at radius 1 is 1.11 bits per heavy atom. The summed E-state index contributed by atoms with van der Waals surface area (Å²) >= 11 is 0. The maximum absolute atomic E-state index is 12.7. The molecule has 1 aliphatic carbocycles.